The summed E-state index contributed by atoms with van der Waals surface area (Å²) in [5, 5.41) is 0. The molecular weight excluding hydrogens is 238 g/mol. The van der Waals surface area contributed by atoms with Gasteiger partial charge in [-0.3, -0.25) is 9.59 Å². The van der Waals surface area contributed by atoms with E-state index in [0.29, 0.717) is 0 Å². The van der Waals surface area contributed by atoms with Crippen LogP contribution in [0.5, 0.6) is 0 Å². The summed E-state index contributed by atoms with van der Waals surface area (Å²) >= 11 is 0. The summed E-state index contributed by atoms with van der Waals surface area (Å²) in [5.74, 6) is -0.662. The first kappa shape index (κ1) is 16.2. The van der Waals surface area contributed by atoms with E-state index in [0.717, 1.165) is 51.4 Å². The van der Waals surface area contributed by atoms with Crippen molar-refractivity contribution < 1.29 is 9.59 Å². The lowest BCUT2D eigenvalue weighted by molar-refractivity contribution is -0.137. The molecule has 0 heterocycles. The average Bonchev–Trinajstić information content (AvgIpc) is 2.39. The molecule has 1 saturated carbocycles. The van der Waals surface area contributed by atoms with Gasteiger partial charge in [-0.2, -0.15) is 0 Å². The van der Waals surface area contributed by atoms with Crippen LogP contribution in [0.2, 0.25) is 0 Å². The Morgan fingerprint density at radius 1 is 1.16 bits per heavy atom. The summed E-state index contributed by atoms with van der Waals surface area (Å²) in [4.78, 5) is 24.2. The second-order valence-electron chi connectivity index (χ2n) is 6.08. The van der Waals surface area contributed by atoms with Crippen LogP contribution >= 0.6 is 0 Å². The molecular formula is C16H29NO2. The number of carbonyl (C=O) groups excluding carboxylic acids is 2. The van der Waals surface area contributed by atoms with Crippen LogP contribution < -0.4 is 5.73 Å². The number of ketones is 1. The third-order valence-corrected chi connectivity index (χ3v) is 4.46. The highest BCUT2D eigenvalue weighted by Gasteiger charge is 2.35. The maximum absolute atomic E-state index is 12.5. The molecule has 1 aliphatic carbocycles. The van der Waals surface area contributed by atoms with Crippen molar-refractivity contribution in [3.63, 3.8) is 0 Å². The van der Waals surface area contributed by atoms with Crippen LogP contribution in [-0.2, 0) is 9.59 Å². The Morgan fingerprint density at radius 3 is 2.32 bits per heavy atom. The van der Waals surface area contributed by atoms with Crippen molar-refractivity contribution in [1.29, 1.82) is 0 Å². The zero-order chi connectivity index (χ0) is 14.3. The van der Waals surface area contributed by atoms with Gasteiger partial charge in [0.05, 0.1) is 5.92 Å². The van der Waals surface area contributed by atoms with Crippen molar-refractivity contribution in [2.45, 2.75) is 71.6 Å². The molecule has 2 N–H and O–H groups in total. The van der Waals surface area contributed by atoms with E-state index in [4.69, 9.17) is 5.73 Å². The van der Waals surface area contributed by atoms with Crippen LogP contribution in [0, 0.1) is 17.8 Å². The van der Waals surface area contributed by atoms with E-state index >= 15 is 0 Å². The van der Waals surface area contributed by atoms with Crippen molar-refractivity contribution in [3.05, 3.63) is 0 Å². The lowest BCUT2D eigenvalue weighted by Gasteiger charge is -2.28. The van der Waals surface area contributed by atoms with Crippen molar-refractivity contribution in [2.75, 3.05) is 0 Å². The maximum atomic E-state index is 12.5. The predicted octanol–water partition coefficient (Wildman–Crippen LogP) is 3.45. The molecule has 0 spiro atoms. The number of nitrogens with two attached hydrogens (primary N) is 1. The maximum Gasteiger partial charge on any atom is 0.228 e. The third-order valence-electron chi connectivity index (χ3n) is 4.46. The number of amides is 1. The average molecular weight is 267 g/mol. The minimum absolute atomic E-state index is 0.0222. The summed E-state index contributed by atoms with van der Waals surface area (Å²) in [5.41, 5.74) is 5.50. The Balaban J connectivity index is 2.58. The van der Waals surface area contributed by atoms with Gasteiger partial charge in [0.2, 0.25) is 5.91 Å². The highest BCUT2D eigenvalue weighted by molar-refractivity contribution is 6.01. The molecule has 0 aromatic rings. The van der Waals surface area contributed by atoms with Gasteiger partial charge < -0.3 is 5.73 Å². The molecule has 0 aromatic carbocycles. The molecule has 0 saturated heterocycles. The van der Waals surface area contributed by atoms with E-state index in [1.807, 2.05) is 6.92 Å². The van der Waals surface area contributed by atoms with Crippen LogP contribution in [0.15, 0.2) is 0 Å². The van der Waals surface area contributed by atoms with Crippen LogP contribution in [0.1, 0.15) is 71.6 Å². The van der Waals surface area contributed by atoms with E-state index in [2.05, 4.69) is 6.92 Å². The Kier molecular flexibility index (Phi) is 7.11. The second kappa shape index (κ2) is 8.34. The molecule has 1 aliphatic rings. The van der Waals surface area contributed by atoms with Crippen molar-refractivity contribution in [2.24, 2.45) is 23.5 Å². The quantitative estimate of drug-likeness (QED) is 0.541. The number of carbonyl (C=O) groups is 2. The summed E-state index contributed by atoms with van der Waals surface area (Å²) in [6, 6.07) is 0. The summed E-state index contributed by atoms with van der Waals surface area (Å²) in [6.45, 7) is 4.11. The van der Waals surface area contributed by atoms with Crippen LogP contribution in [0.3, 0.4) is 0 Å². The molecule has 2 unspecified atom stereocenters. The molecule has 1 rings (SSSR count). The Labute approximate surface area is 117 Å². The van der Waals surface area contributed by atoms with Crippen LogP contribution in [0.4, 0.5) is 0 Å². The molecule has 0 aromatic heterocycles. The first-order valence-electron chi connectivity index (χ1n) is 7.91. The fraction of sp³-hybridized carbons (Fsp3) is 0.875. The molecule has 110 valence electrons. The molecule has 3 heteroatoms. The summed E-state index contributed by atoms with van der Waals surface area (Å²) < 4.78 is 0. The number of hydrogen-bond acceptors (Lipinski definition) is 2. The fourth-order valence-corrected chi connectivity index (χ4v) is 3.22. The molecule has 1 amide bonds. The molecule has 0 bridgehead atoms. The SMILES string of the molecule is CCCCCC(C)C(=O)C(C(N)=O)C1CCCCC1. The van der Waals surface area contributed by atoms with Crippen molar-refractivity contribution in [1.82, 2.24) is 0 Å². The molecule has 2 atom stereocenters. The Bertz CT molecular complexity index is 295. The zero-order valence-corrected chi connectivity index (χ0v) is 12.5. The number of primary amides is 1. The smallest absolute Gasteiger partial charge is 0.228 e. The lowest BCUT2D eigenvalue weighted by atomic mass is 9.74. The van der Waals surface area contributed by atoms with Gasteiger partial charge >= 0.3 is 0 Å². The van der Waals surface area contributed by atoms with Gasteiger partial charge in [0, 0.05) is 5.92 Å². The van der Waals surface area contributed by atoms with E-state index < -0.39 is 11.8 Å². The van der Waals surface area contributed by atoms with Gasteiger partial charge in [-0.05, 0) is 25.2 Å². The number of unbranched alkanes of at least 4 members (excludes halogenated alkanes) is 2. The Morgan fingerprint density at radius 2 is 1.79 bits per heavy atom. The first-order chi connectivity index (χ1) is 9.07. The van der Waals surface area contributed by atoms with Crippen molar-refractivity contribution >= 4 is 11.7 Å². The number of Topliss-reactive ketones (excluding diaryl/α,β-unsaturated/α-hetero) is 1. The number of rotatable bonds is 8. The normalized spacial score (nSPS) is 19.9. The second-order valence-corrected chi connectivity index (χ2v) is 6.08. The van der Waals surface area contributed by atoms with Crippen LogP contribution in [-0.4, -0.2) is 11.7 Å². The fourth-order valence-electron chi connectivity index (χ4n) is 3.22. The third kappa shape index (κ3) is 4.96. The van der Waals surface area contributed by atoms with E-state index in [9.17, 15) is 9.59 Å². The first-order valence-corrected chi connectivity index (χ1v) is 7.91. The number of hydrogen-bond donors (Lipinski definition) is 1. The lowest BCUT2D eigenvalue weighted by Crippen LogP contribution is -2.39. The summed E-state index contributed by atoms with van der Waals surface area (Å²) in [7, 11) is 0. The van der Waals surface area contributed by atoms with E-state index in [-0.39, 0.29) is 17.6 Å². The topological polar surface area (TPSA) is 60.2 Å². The predicted molar refractivity (Wildman–Crippen MR) is 77.6 cm³/mol. The van der Waals surface area contributed by atoms with E-state index in [1.165, 1.54) is 6.42 Å². The standard InChI is InChI=1S/C16H29NO2/c1-3-4-6-9-12(2)15(18)14(16(17)19)13-10-7-5-8-11-13/h12-14H,3-11H2,1-2H3,(H2,17,19). The molecule has 0 radical (unpaired) electrons. The Hall–Kier alpha value is -0.860. The molecule has 1 fully saturated rings. The summed E-state index contributed by atoms with van der Waals surface area (Å²) in [6.07, 6.45) is 9.73. The van der Waals surface area contributed by atoms with Gasteiger partial charge in [-0.15, -0.1) is 0 Å². The van der Waals surface area contributed by atoms with Gasteiger partial charge in [0.15, 0.2) is 0 Å². The zero-order valence-electron chi connectivity index (χ0n) is 12.5. The molecule has 0 aliphatic heterocycles. The highest BCUT2D eigenvalue weighted by Crippen LogP contribution is 2.32. The minimum Gasteiger partial charge on any atom is -0.369 e. The minimum atomic E-state index is -0.531. The van der Waals surface area contributed by atoms with Crippen molar-refractivity contribution in [3.8, 4) is 0 Å². The van der Waals surface area contributed by atoms with Gasteiger partial charge in [0.1, 0.15) is 5.78 Å². The van der Waals surface area contributed by atoms with Gasteiger partial charge in [-0.25, -0.2) is 0 Å². The largest absolute Gasteiger partial charge is 0.369 e. The molecule has 19 heavy (non-hydrogen) atoms. The van der Waals surface area contributed by atoms with Crippen LogP contribution in [0.25, 0.3) is 0 Å². The van der Waals surface area contributed by atoms with Gasteiger partial charge in [0.25, 0.3) is 0 Å². The molecule has 3 nitrogen and oxygen atoms in total. The van der Waals surface area contributed by atoms with Gasteiger partial charge in [-0.1, -0.05) is 52.4 Å². The van der Waals surface area contributed by atoms with E-state index in [1.54, 1.807) is 0 Å². The monoisotopic (exact) mass is 267 g/mol. The highest BCUT2D eigenvalue weighted by atomic mass is 16.2.